The van der Waals surface area contributed by atoms with Crippen molar-refractivity contribution in [1.82, 2.24) is 0 Å². The number of benzene rings is 2. The lowest BCUT2D eigenvalue weighted by Gasteiger charge is -2.36. The van der Waals surface area contributed by atoms with Crippen LogP contribution in [0.1, 0.15) is 76.8 Å². The van der Waals surface area contributed by atoms with E-state index in [2.05, 4.69) is 82.3 Å². The van der Waals surface area contributed by atoms with E-state index in [1.165, 1.54) is 24.0 Å². The van der Waals surface area contributed by atoms with Gasteiger partial charge in [-0.3, -0.25) is 0 Å². The lowest BCUT2D eigenvalue weighted by molar-refractivity contribution is -0.151. The van der Waals surface area contributed by atoms with Crippen LogP contribution in [-0.4, -0.2) is 12.4 Å². The smallest absolute Gasteiger partial charge is 0.209 e. The minimum absolute atomic E-state index is 0.237. The fourth-order valence-electron chi connectivity index (χ4n) is 3.78. The summed E-state index contributed by atoms with van der Waals surface area (Å²) in [5, 5.41) is 0. The van der Waals surface area contributed by atoms with Gasteiger partial charge in [-0.1, -0.05) is 69.2 Å². The molecular weight excluding hydrogens is 332 g/mol. The van der Waals surface area contributed by atoms with Gasteiger partial charge in [0.2, 0.25) is 6.29 Å². The Labute approximate surface area is 164 Å². The molecule has 2 atom stereocenters. The summed E-state index contributed by atoms with van der Waals surface area (Å²) < 4.78 is 13.0. The molecule has 146 valence electrons. The first-order valence-electron chi connectivity index (χ1n) is 10.5. The van der Waals surface area contributed by atoms with Gasteiger partial charge in [0, 0.05) is 0 Å². The van der Waals surface area contributed by atoms with Crippen molar-refractivity contribution in [3.05, 3.63) is 65.7 Å². The molecule has 0 amide bonds. The van der Waals surface area contributed by atoms with Gasteiger partial charge in [-0.25, -0.2) is 0 Å². The van der Waals surface area contributed by atoms with Gasteiger partial charge in [0.15, 0.2) is 0 Å². The molecule has 2 heteroatoms. The fraction of sp³-hybridized carbons (Fsp3) is 0.520. The summed E-state index contributed by atoms with van der Waals surface area (Å²) in [6.45, 7) is 8.92. The summed E-state index contributed by atoms with van der Waals surface area (Å²) in [4.78, 5) is 0. The van der Waals surface area contributed by atoms with E-state index in [4.69, 9.17) is 9.47 Å². The van der Waals surface area contributed by atoms with Crippen LogP contribution >= 0.6 is 0 Å². The van der Waals surface area contributed by atoms with Gasteiger partial charge in [0.25, 0.3) is 0 Å². The van der Waals surface area contributed by atoms with Crippen LogP contribution in [0.2, 0.25) is 0 Å². The molecule has 0 aliphatic heterocycles. The quantitative estimate of drug-likeness (QED) is 0.476. The first-order valence-corrected chi connectivity index (χ1v) is 10.5. The second-order valence-electron chi connectivity index (χ2n) is 8.46. The Balaban J connectivity index is 1.81. The van der Waals surface area contributed by atoms with Crippen molar-refractivity contribution in [2.75, 3.05) is 0 Å². The van der Waals surface area contributed by atoms with E-state index in [1.54, 1.807) is 0 Å². The minimum atomic E-state index is -0.308. The summed E-state index contributed by atoms with van der Waals surface area (Å²) in [5.74, 6) is 1.46. The number of hydrogen-bond acceptors (Lipinski definition) is 2. The van der Waals surface area contributed by atoms with E-state index in [0.717, 1.165) is 25.0 Å². The zero-order chi connectivity index (χ0) is 19.3. The van der Waals surface area contributed by atoms with Crippen molar-refractivity contribution in [2.45, 2.75) is 83.5 Å². The topological polar surface area (TPSA) is 18.5 Å². The molecule has 0 spiro atoms. The molecule has 1 aliphatic carbocycles. The van der Waals surface area contributed by atoms with E-state index in [0.29, 0.717) is 12.0 Å². The Morgan fingerprint density at radius 3 is 2.19 bits per heavy atom. The average Bonchev–Trinajstić information content (AvgIpc) is 3.21. The predicted octanol–water partition coefficient (Wildman–Crippen LogP) is 6.84. The van der Waals surface area contributed by atoms with E-state index < -0.39 is 0 Å². The van der Waals surface area contributed by atoms with Gasteiger partial charge in [-0.15, -0.1) is 0 Å². The molecule has 0 heterocycles. The van der Waals surface area contributed by atoms with Gasteiger partial charge in [0.1, 0.15) is 5.75 Å². The van der Waals surface area contributed by atoms with Crippen LogP contribution in [0.3, 0.4) is 0 Å². The molecule has 2 nitrogen and oxygen atoms in total. The zero-order valence-corrected chi connectivity index (χ0v) is 17.3. The highest BCUT2D eigenvalue weighted by atomic mass is 16.7. The van der Waals surface area contributed by atoms with Crippen molar-refractivity contribution in [2.24, 2.45) is 0 Å². The Kier molecular flexibility index (Phi) is 6.59. The monoisotopic (exact) mass is 366 g/mol. The molecule has 0 aromatic heterocycles. The molecular formula is C25H34O2. The van der Waals surface area contributed by atoms with Crippen LogP contribution in [0.25, 0.3) is 0 Å². The van der Waals surface area contributed by atoms with Crippen LogP contribution in [0.4, 0.5) is 0 Å². The van der Waals surface area contributed by atoms with Gasteiger partial charge >= 0.3 is 0 Å². The Morgan fingerprint density at radius 1 is 0.963 bits per heavy atom. The third-order valence-corrected chi connectivity index (χ3v) is 6.03. The molecule has 0 N–H and O–H groups in total. The zero-order valence-electron chi connectivity index (χ0n) is 17.3. The summed E-state index contributed by atoms with van der Waals surface area (Å²) >= 11 is 0. The first kappa shape index (κ1) is 19.9. The number of ether oxygens (including phenoxy) is 2. The number of rotatable bonds is 8. The molecule has 2 aromatic carbocycles. The maximum Gasteiger partial charge on any atom is 0.209 e. The van der Waals surface area contributed by atoms with E-state index in [1.807, 2.05) is 0 Å². The molecule has 0 bridgehead atoms. The van der Waals surface area contributed by atoms with Crippen molar-refractivity contribution < 1.29 is 9.47 Å². The highest BCUT2D eigenvalue weighted by Gasteiger charge is 2.36. The molecule has 2 aromatic rings. The van der Waals surface area contributed by atoms with Gasteiger partial charge in [0.05, 0.1) is 11.5 Å². The summed E-state index contributed by atoms with van der Waals surface area (Å²) in [6, 6.07) is 19.1. The maximum absolute atomic E-state index is 6.51. The minimum Gasteiger partial charge on any atom is -0.464 e. The van der Waals surface area contributed by atoms with E-state index in [-0.39, 0.29) is 11.7 Å². The third-order valence-electron chi connectivity index (χ3n) is 6.03. The van der Waals surface area contributed by atoms with Crippen molar-refractivity contribution in [3.8, 4) is 5.75 Å². The maximum atomic E-state index is 6.51. The Hall–Kier alpha value is -1.80. The SMILES string of the molecule is CCC(C)c1ccc(OC(OC2CCCC2)C(C)(C)c2ccccc2)cc1. The van der Waals surface area contributed by atoms with Crippen molar-refractivity contribution in [1.29, 1.82) is 0 Å². The average molecular weight is 367 g/mol. The third kappa shape index (κ3) is 4.93. The molecule has 0 radical (unpaired) electrons. The Morgan fingerprint density at radius 2 is 1.59 bits per heavy atom. The van der Waals surface area contributed by atoms with Crippen LogP contribution in [0, 0.1) is 0 Å². The standard InChI is InChI=1S/C25H34O2/c1-5-19(2)20-15-17-23(18-16-20)27-24(26-22-13-9-10-14-22)25(3,4)21-11-7-6-8-12-21/h6-8,11-12,15-19,22,24H,5,9-10,13-14H2,1-4H3. The molecule has 3 rings (SSSR count). The highest BCUT2D eigenvalue weighted by Crippen LogP contribution is 2.34. The van der Waals surface area contributed by atoms with E-state index >= 15 is 0 Å². The summed E-state index contributed by atoms with van der Waals surface area (Å²) in [5.41, 5.74) is 2.36. The van der Waals surface area contributed by atoms with Gasteiger partial charge in [-0.05, 0) is 62.3 Å². The molecule has 27 heavy (non-hydrogen) atoms. The second-order valence-corrected chi connectivity index (χ2v) is 8.46. The molecule has 2 unspecified atom stereocenters. The van der Waals surface area contributed by atoms with Gasteiger partial charge in [-0.2, -0.15) is 0 Å². The summed E-state index contributed by atoms with van der Waals surface area (Å²) in [6.07, 6.45) is 5.93. The lowest BCUT2D eigenvalue weighted by atomic mass is 9.83. The van der Waals surface area contributed by atoms with Crippen LogP contribution in [0.15, 0.2) is 54.6 Å². The highest BCUT2D eigenvalue weighted by molar-refractivity contribution is 5.30. The number of hydrogen-bond donors (Lipinski definition) is 0. The molecule has 1 fully saturated rings. The Bertz CT molecular complexity index is 684. The summed E-state index contributed by atoms with van der Waals surface area (Å²) in [7, 11) is 0. The first-order chi connectivity index (χ1) is 13.0. The van der Waals surface area contributed by atoms with Gasteiger partial charge < -0.3 is 9.47 Å². The second kappa shape index (κ2) is 8.93. The van der Waals surface area contributed by atoms with Crippen molar-refractivity contribution in [3.63, 3.8) is 0 Å². The van der Waals surface area contributed by atoms with Crippen molar-refractivity contribution >= 4 is 0 Å². The molecule has 1 saturated carbocycles. The van der Waals surface area contributed by atoms with E-state index in [9.17, 15) is 0 Å². The van der Waals surface area contributed by atoms with Crippen LogP contribution < -0.4 is 4.74 Å². The molecule has 0 saturated heterocycles. The van der Waals surface area contributed by atoms with Crippen LogP contribution in [-0.2, 0) is 10.2 Å². The fourth-order valence-corrected chi connectivity index (χ4v) is 3.78. The lowest BCUT2D eigenvalue weighted by Crippen LogP contribution is -2.42. The largest absolute Gasteiger partial charge is 0.464 e. The predicted molar refractivity (Wildman–Crippen MR) is 112 cm³/mol. The molecule has 1 aliphatic rings. The normalized spacial score (nSPS) is 17.6. The van der Waals surface area contributed by atoms with Crippen LogP contribution in [0.5, 0.6) is 5.75 Å².